The summed E-state index contributed by atoms with van der Waals surface area (Å²) < 4.78 is 7.19. The molecule has 0 radical (unpaired) electrons. The number of aromatic nitrogens is 2. The number of Topliss-reactive ketones (excluding diaryl/α,β-unsaturated/α-hetero) is 1. The minimum Gasteiger partial charge on any atom is -0.384 e. The first-order chi connectivity index (χ1) is 16.4. The molecule has 4 saturated carbocycles. The van der Waals surface area contributed by atoms with Crippen molar-refractivity contribution in [3.05, 3.63) is 18.0 Å². The molecule has 1 heterocycles. The number of ether oxygens (including phenoxy) is 1. The second-order valence-electron chi connectivity index (χ2n) is 12.6. The Bertz CT molecular complexity index is 917. The third-order valence-corrected chi connectivity index (χ3v) is 10.4. The Hall–Kier alpha value is -1.67. The normalized spacial score (nSPS) is 39.2. The van der Waals surface area contributed by atoms with Crippen molar-refractivity contribution in [2.45, 2.75) is 84.6 Å². The van der Waals surface area contributed by atoms with Crippen molar-refractivity contribution in [3.63, 3.8) is 0 Å². The van der Waals surface area contributed by atoms with Crippen LogP contribution in [0.5, 0.6) is 0 Å². The van der Waals surface area contributed by atoms with Crippen LogP contribution in [-0.4, -0.2) is 29.3 Å². The number of hydrogen-bond acceptors (Lipinski definition) is 4. The highest BCUT2D eigenvalue weighted by Gasteiger charge is 2.60. The first-order valence-electron chi connectivity index (χ1n) is 13.9. The summed E-state index contributed by atoms with van der Waals surface area (Å²) in [5.41, 5.74) is 0.712. The van der Waals surface area contributed by atoms with Gasteiger partial charge in [-0.05, 0) is 111 Å². The first-order valence-corrected chi connectivity index (χ1v) is 13.9. The lowest BCUT2D eigenvalue weighted by atomic mass is 9.47. The van der Waals surface area contributed by atoms with Crippen LogP contribution in [0.1, 0.15) is 83.6 Å². The van der Waals surface area contributed by atoms with E-state index in [1.54, 1.807) is 17.1 Å². The number of carbonyl (C=O) groups excluding carboxylic acids is 1. The van der Waals surface area contributed by atoms with Crippen LogP contribution in [-0.2, 0) is 16.1 Å². The van der Waals surface area contributed by atoms with E-state index in [0.717, 1.165) is 42.6 Å². The van der Waals surface area contributed by atoms with E-state index in [2.05, 4.69) is 25.0 Å². The van der Waals surface area contributed by atoms with E-state index >= 15 is 0 Å². The van der Waals surface area contributed by atoms with Gasteiger partial charge in [-0.2, -0.15) is 10.4 Å². The number of nitriles is 1. The van der Waals surface area contributed by atoms with Gasteiger partial charge in [0, 0.05) is 25.8 Å². The molecule has 0 aromatic carbocycles. The second-order valence-corrected chi connectivity index (χ2v) is 12.6. The van der Waals surface area contributed by atoms with Crippen molar-refractivity contribution in [1.82, 2.24) is 9.78 Å². The number of hydrogen-bond donors (Lipinski definition) is 0. The van der Waals surface area contributed by atoms with Crippen LogP contribution in [0.4, 0.5) is 0 Å². The predicted octanol–water partition coefficient (Wildman–Crippen LogP) is 5.88. The van der Waals surface area contributed by atoms with Gasteiger partial charge in [-0.1, -0.05) is 13.8 Å². The van der Waals surface area contributed by atoms with E-state index in [0.29, 0.717) is 29.7 Å². The second kappa shape index (κ2) is 9.76. The lowest BCUT2D eigenvalue weighted by molar-refractivity contribution is -0.134. The fourth-order valence-corrected chi connectivity index (χ4v) is 9.56. The molecular weight excluding hydrogens is 422 g/mol. The Balaban J connectivity index is 1.34. The molecule has 5 rings (SSSR count). The quantitative estimate of drug-likeness (QED) is 0.504. The summed E-state index contributed by atoms with van der Waals surface area (Å²) in [6, 6.07) is 2.13. The third-order valence-electron chi connectivity index (χ3n) is 10.4. The third kappa shape index (κ3) is 4.25. The number of carbonyl (C=O) groups is 1. The van der Waals surface area contributed by atoms with Gasteiger partial charge in [0.2, 0.25) is 0 Å². The molecule has 4 aliphatic rings. The summed E-state index contributed by atoms with van der Waals surface area (Å²) in [6.45, 7) is 5.95. The van der Waals surface area contributed by atoms with Gasteiger partial charge in [0.05, 0.1) is 18.3 Å². The van der Waals surface area contributed by atoms with Gasteiger partial charge >= 0.3 is 0 Å². The number of ketones is 1. The van der Waals surface area contributed by atoms with Gasteiger partial charge in [-0.25, -0.2) is 0 Å². The summed E-state index contributed by atoms with van der Waals surface area (Å²) in [6.07, 6.45) is 16.2. The lowest BCUT2D eigenvalue weighted by Gasteiger charge is -2.57. The van der Waals surface area contributed by atoms with Crippen molar-refractivity contribution in [2.24, 2.45) is 52.8 Å². The molecule has 0 bridgehead atoms. The molecule has 0 amide bonds. The van der Waals surface area contributed by atoms with Crippen molar-refractivity contribution < 1.29 is 9.53 Å². The molecule has 5 nitrogen and oxygen atoms in total. The summed E-state index contributed by atoms with van der Waals surface area (Å²) in [4.78, 5) is 13.7. The smallest absolute Gasteiger partial charge is 0.157 e. The molecule has 5 heteroatoms. The highest BCUT2D eigenvalue weighted by Crippen LogP contribution is 2.66. The fraction of sp³-hybridized carbons (Fsp3) is 0.828. The van der Waals surface area contributed by atoms with Crippen LogP contribution in [0.2, 0.25) is 0 Å². The fourth-order valence-electron chi connectivity index (χ4n) is 9.56. The number of methoxy groups -OCH3 is 1. The summed E-state index contributed by atoms with van der Waals surface area (Å²) in [7, 11) is 1.85. The molecule has 1 aromatic rings. The molecule has 0 saturated heterocycles. The summed E-state index contributed by atoms with van der Waals surface area (Å²) in [5.74, 6) is 6.12. The zero-order chi connectivity index (χ0) is 23.9. The maximum absolute atomic E-state index is 13.7. The maximum Gasteiger partial charge on any atom is 0.157 e. The molecule has 0 spiro atoms. The Kier molecular flexibility index (Phi) is 6.90. The van der Waals surface area contributed by atoms with E-state index in [1.807, 2.05) is 7.11 Å². The number of rotatable bonds is 7. The zero-order valence-corrected chi connectivity index (χ0v) is 21.4. The van der Waals surface area contributed by atoms with Gasteiger partial charge in [-0.3, -0.25) is 9.48 Å². The van der Waals surface area contributed by atoms with E-state index in [1.165, 1.54) is 57.8 Å². The molecule has 8 atom stereocenters. The van der Waals surface area contributed by atoms with Crippen LogP contribution in [0.15, 0.2) is 12.4 Å². The highest BCUT2D eigenvalue weighted by atomic mass is 16.5. The summed E-state index contributed by atoms with van der Waals surface area (Å²) >= 11 is 0. The molecule has 4 aliphatic carbocycles. The minimum atomic E-state index is 0.158. The van der Waals surface area contributed by atoms with Crippen LogP contribution in [0, 0.1) is 64.1 Å². The van der Waals surface area contributed by atoms with E-state index < -0.39 is 0 Å². The Labute approximate surface area is 205 Å². The average Bonchev–Trinajstić information content (AvgIpc) is 3.42. The molecule has 4 fully saturated rings. The van der Waals surface area contributed by atoms with Crippen molar-refractivity contribution in [1.29, 1.82) is 5.26 Å². The first kappa shape index (κ1) is 24.0. The van der Waals surface area contributed by atoms with Gasteiger partial charge in [0.25, 0.3) is 0 Å². The van der Waals surface area contributed by atoms with Crippen LogP contribution >= 0.6 is 0 Å². The topological polar surface area (TPSA) is 67.9 Å². The average molecular weight is 466 g/mol. The van der Waals surface area contributed by atoms with Crippen LogP contribution in [0.3, 0.4) is 0 Å². The van der Waals surface area contributed by atoms with Crippen molar-refractivity contribution >= 4 is 5.78 Å². The molecule has 186 valence electrons. The molecule has 0 aliphatic heterocycles. The van der Waals surface area contributed by atoms with Crippen molar-refractivity contribution in [3.8, 4) is 6.07 Å². The molecule has 0 N–H and O–H groups in total. The molecule has 34 heavy (non-hydrogen) atoms. The molecular formula is C29H43N3O2. The highest BCUT2D eigenvalue weighted by molar-refractivity contribution is 5.82. The molecule has 8 unspecified atom stereocenters. The lowest BCUT2D eigenvalue weighted by Crippen LogP contribution is -2.51. The van der Waals surface area contributed by atoms with Gasteiger partial charge < -0.3 is 4.74 Å². The van der Waals surface area contributed by atoms with Gasteiger partial charge in [0.15, 0.2) is 5.78 Å². The number of nitrogens with zero attached hydrogens (tertiary/aromatic N) is 3. The zero-order valence-electron chi connectivity index (χ0n) is 21.4. The van der Waals surface area contributed by atoms with E-state index in [9.17, 15) is 4.79 Å². The SMILES string of the molecule is COCC1CCC2C(CCC3C2CCC2(CC(C)C)C(C(=O)Cn4cc(C#N)cn4)CCC32)C1. The Morgan fingerprint density at radius 2 is 2.00 bits per heavy atom. The monoisotopic (exact) mass is 465 g/mol. The van der Waals surface area contributed by atoms with Crippen LogP contribution < -0.4 is 0 Å². The van der Waals surface area contributed by atoms with E-state index in [4.69, 9.17) is 10.00 Å². The van der Waals surface area contributed by atoms with Crippen LogP contribution in [0.25, 0.3) is 0 Å². The largest absolute Gasteiger partial charge is 0.384 e. The summed E-state index contributed by atoms with van der Waals surface area (Å²) in [5, 5.41) is 13.4. The van der Waals surface area contributed by atoms with Crippen molar-refractivity contribution in [2.75, 3.05) is 13.7 Å². The van der Waals surface area contributed by atoms with Gasteiger partial charge in [-0.15, -0.1) is 0 Å². The van der Waals surface area contributed by atoms with Gasteiger partial charge in [0.1, 0.15) is 6.07 Å². The Morgan fingerprint density at radius 3 is 2.74 bits per heavy atom. The Morgan fingerprint density at radius 1 is 1.18 bits per heavy atom. The number of fused-ring (bicyclic) bond motifs is 5. The molecule has 1 aromatic heterocycles. The van der Waals surface area contributed by atoms with E-state index in [-0.39, 0.29) is 11.3 Å². The predicted molar refractivity (Wildman–Crippen MR) is 132 cm³/mol. The minimum absolute atomic E-state index is 0.158. The standard InChI is InChI=1S/C29H43N3O2/c1-19(2)13-29-11-10-24-23-6-4-20(18-34-3)12-22(23)5-7-25(24)26(29)8-9-27(29)28(33)17-32-16-21(14-30)15-31-32/h15-16,19-20,22-27H,4-13,17-18H2,1-3H3. The maximum atomic E-state index is 13.7.